The average Bonchev–Trinajstić information content (AvgIpc) is 3.12. The zero-order valence-electron chi connectivity index (χ0n) is 12.5. The van der Waals surface area contributed by atoms with Crippen LogP contribution in [0.5, 0.6) is 0 Å². The number of hydrogen-bond donors (Lipinski definition) is 2. The van der Waals surface area contributed by atoms with Gasteiger partial charge in [0.25, 0.3) is 0 Å². The molecule has 1 amide bonds. The van der Waals surface area contributed by atoms with Gasteiger partial charge in [0.05, 0.1) is 6.04 Å². The topological polar surface area (TPSA) is 44.4 Å². The third kappa shape index (κ3) is 3.15. The summed E-state index contributed by atoms with van der Waals surface area (Å²) in [5.74, 6) is 0.279. The van der Waals surface area contributed by atoms with Crippen molar-refractivity contribution < 1.29 is 4.79 Å². The number of carbonyl (C=O) groups excluding carboxylic acids is 1. The lowest BCUT2D eigenvalue weighted by atomic mass is 10.0. The fourth-order valence-electron chi connectivity index (χ4n) is 3.60. The maximum Gasteiger partial charge on any atom is 0.237 e. The molecule has 2 saturated heterocycles. The van der Waals surface area contributed by atoms with Crippen molar-refractivity contribution in [1.29, 1.82) is 0 Å². The minimum absolute atomic E-state index is 0.135. The molecule has 1 aliphatic carbocycles. The Morgan fingerprint density at radius 2 is 2.10 bits per heavy atom. The van der Waals surface area contributed by atoms with Gasteiger partial charge < -0.3 is 10.6 Å². The first-order valence-electron chi connectivity index (χ1n) is 8.03. The maximum absolute atomic E-state index is 12.5. The molecule has 1 unspecified atom stereocenters. The van der Waals surface area contributed by atoms with Crippen molar-refractivity contribution >= 4 is 17.7 Å². The standard InChI is InChI=1S/C15H27N3OS/c1-20-15(6-7-15)11-17-14(19)13-3-2-10-18(13)12-4-8-16-9-5-12/h12-13,16H,2-11H2,1H3,(H,17,19). The highest BCUT2D eigenvalue weighted by Crippen LogP contribution is 2.46. The molecule has 2 aliphatic heterocycles. The average molecular weight is 297 g/mol. The Labute approximate surface area is 126 Å². The van der Waals surface area contributed by atoms with Crippen LogP contribution in [0.4, 0.5) is 0 Å². The van der Waals surface area contributed by atoms with Gasteiger partial charge >= 0.3 is 0 Å². The largest absolute Gasteiger partial charge is 0.353 e. The fraction of sp³-hybridized carbons (Fsp3) is 0.933. The van der Waals surface area contributed by atoms with E-state index >= 15 is 0 Å². The van der Waals surface area contributed by atoms with E-state index in [2.05, 4.69) is 21.8 Å². The number of nitrogens with zero attached hydrogens (tertiary/aromatic N) is 1. The van der Waals surface area contributed by atoms with E-state index in [0.717, 1.165) is 32.6 Å². The van der Waals surface area contributed by atoms with Crippen LogP contribution in [0.3, 0.4) is 0 Å². The summed E-state index contributed by atoms with van der Waals surface area (Å²) >= 11 is 1.91. The highest BCUT2D eigenvalue weighted by molar-refractivity contribution is 8.00. The maximum atomic E-state index is 12.5. The molecule has 0 aromatic heterocycles. The number of rotatable bonds is 5. The number of piperidine rings is 1. The summed E-state index contributed by atoms with van der Waals surface area (Å²) in [4.78, 5) is 15.0. The molecule has 1 atom stereocenters. The molecular formula is C15H27N3OS. The Hall–Kier alpha value is -0.260. The van der Waals surface area contributed by atoms with Crippen molar-refractivity contribution in [3.05, 3.63) is 0 Å². The number of amides is 1. The van der Waals surface area contributed by atoms with Gasteiger partial charge in [0, 0.05) is 17.3 Å². The molecule has 114 valence electrons. The summed E-state index contributed by atoms with van der Waals surface area (Å²) in [5.41, 5.74) is 0. The molecule has 1 saturated carbocycles. The Morgan fingerprint density at radius 1 is 1.35 bits per heavy atom. The highest BCUT2D eigenvalue weighted by atomic mass is 32.2. The Morgan fingerprint density at radius 3 is 2.75 bits per heavy atom. The van der Waals surface area contributed by atoms with Gasteiger partial charge in [0.15, 0.2) is 0 Å². The van der Waals surface area contributed by atoms with Gasteiger partial charge in [-0.15, -0.1) is 0 Å². The smallest absolute Gasteiger partial charge is 0.237 e. The predicted octanol–water partition coefficient (Wildman–Crippen LogP) is 1.21. The van der Waals surface area contributed by atoms with E-state index in [0.29, 0.717) is 10.8 Å². The summed E-state index contributed by atoms with van der Waals surface area (Å²) < 4.78 is 0.369. The molecule has 2 N–H and O–H groups in total. The van der Waals surface area contributed by atoms with Gasteiger partial charge in [-0.05, 0) is 64.4 Å². The van der Waals surface area contributed by atoms with Crippen LogP contribution < -0.4 is 10.6 Å². The first-order chi connectivity index (χ1) is 9.74. The first kappa shape index (κ1) is 14.7. The van der Waals surface area contributed by atoms with E-state index in [-0.39, 0.29) is 11.9 Å². The van der Waals surface area contributed by atoms with E-state index in [4.69, 9.17) is 0 Å². The number of nitrogens with one attached hydrogen (secondary N) is 2. The lowest BCUT2D eigenvalue weighted by Crippen LogP contribution is -2.51. The third-order valence-corrected chi connectivity index (χ3v) is 6.62. The molecule has 5 heteroatoms. The minimum Gasteiger partial charge on any atom is -0.353 e. The summed E-state index contributed by atoms with van der Waals surface area (Å²) in [7, 11) is 0. The van der Waals surface area contributed by atoms with Crippen molar-refractivity contribution in [3.8, 4) is 0 Å². The molecule has 0 bridgehead atoms. The van der Waals surface area contributed by atoms with Crippen molar-refractivity contribution in [2.45, 2.75) is 55.4 Å². The van der Waals surface area contributed by atoms with Crippen LogP contribution in [0, 0.1) is 0 Å². The van der Waals surface area contributed by atoms with Crippen LogP contribution in [0.15, 0.2) is 0 Å². The molecule has 3 fully saturated rings. The Bertz CT molecular complexity index is 353. The van der Waals surface area contributed by atoms with E-state index in [1.807, 2.05) is 11.8 Å². The predicted molar refractivity (Wildman–Crippen MR) is 84.1 cm³/mol. The quantitative estimate of drug-likeness (QED) is 0.801. The SMILES string of the molecule is CSC1(CNC(=O)C2CCCN2C2CCNCC2)CC1. The van der Waals surface area contributed by atoms with Crippen LogP contribution >= 0.6 is 11.8 Å². The van der Waals surface area contributed by atoms with E-state index in [1.54, 1.807) is 0 Å². The second kappa shape index (κ2) is 6.24. The number of hydrogen-bond acceptors (Lipinski definition) is 4. The van der Waals surface area contributed by atoms with Gasteiger partial charge in [0.2, 0.25) is 5.91 Å². The second-order valence-electron chi connectivity index (χ2n) is 6.48. The molecule has 4 nitrogen and oxygen atoms in total. The van der Waals surface area contributed by atoms with Crippen LogP contribution in [-0.2, 0) is 4.79 Å². The van der Waals surface area contributed by atoms with Crippen LogP contribution in [0.25, 0.3) is 0 Å². The van der Waals surface area contributed by atoms with E-state index < -0.39 is 0 Å². The molecule has 0 spiro atoms. The van der Waals surface area contributed by atoms with E-state index in [9.17, 15) is 4.79 Å². The second-order valence-corrected chi connectivity index (χ2v) is 7.76. The van der Waals surface area contributed by atoms with Crippen molar-refractivity contribution in [1.82, 2.24) is 15.5 Å². The summed E-state index contributed by atoms with van der Waals surface area (Å²) in [6.07, 6.45) is 9.29. The number of likely N-dealkylation sites (tertiary alicyclic amines) is 1. The molecular weight excluding hydrogens is 270 g/mol. The summed E-state index contributed by atoms with van der Waals surface area (Å²) in [6, 6.07) is 0.751. The molecule has 0 radical (unpaired) electrons. The lowest BCUT2D eigenvalue weighted by Gasteiger charge is -2.35. The zero-order valence-corrected chi connectivity index (χ0v) is 13.3. The van der Waals surface area contributed by atoms with Gasteiger partial charge in [-0.1, -0.05) is 0 Å². The number of thioether (sulfide) groups is 1. The summed E-state index contributed by atoms with van der Waals surface area (Å²) in [6.45, 7) is 4.18. The Kier molecular flexibility index (Phi) is 4.58. The first-order valence-corrected chi connectivity index (χ1v) is 9.26. The number of carbonyl (C=O) groups is 1. The molecule has 3 rings (SSSR count). The molecule has 3 aliphatic rings. The molecule has 2 heterocycles. The molecule has 0 aromatic carbocycles. The van der Waals surface area contributed by atoms with Crippen molar-refractivity contribution in [3.63, 3.8) is 0 Å². The lowest BCUT2D eigenvalue weighted by molar-refractivity contribution is -0.126. The van der Waals surface area contributed by atoms with Gasteiger partial charge in [-0.3, -0.25) is 9.69 Å². The van der Waals surface area contributed by atoms with Crippen LogP contribution in [0.1, 0.15) is 38.5 Å². The van der Waals surface area contributed by atoms with Gasteiger partial charge in [-0.2, -0.15) is 11.8 Å². The van der Waals surface area contributed by atoms with Gasteiger partial charge in [0.1, 0.15) is 0 Å². The zero-order chi connectivity index (χ0) is 14.0. The van der Waals surface area contributed by atoms with E-state index in [1.165, 1.54) is 32.1 Å². The molecule has 20 heavy (non-hydrogen) atoms. The normalized spacial score (nSPS) is 30.4. The highest BCUT2D eigenvalue weighted by Gasteiger charge is 2.43. The fourth-order valence-corrected chi connectivity index (χ4v) is 4.33. The third-order valence-electron chi connectivity index (χ3n) is 5.20. The molecule has 0 aromatic rings. The monoisotopic (exact) mass is 297 g/mol. The summed E-state index contributed by atoms with van der Waals surface area (Å²) in [5, 5.41) is 6.64. The van der Waals surface area contributed by atoms with Crippen molar-refractivity contribution in [2.75, 3.05) is 32.4 Å². The minimum atomic E-state index is 0.135. The Balaban J connectivity index is 1.53. The van der Waals surface area contributed by atoms with Crippen LogP contribution in [-0.4, -0.2) is 60.1 Å². The van der Waals surface area contributed by atoms with Crippen LogP contribution in [0.2, 0.25) is 0 Å². The van der Waals surface area contributed by atoms with Gasteiger partial charge in [-0.25, -0.2) is 0 Å². The van der Waals surface area contributed by atoms with Crippen molar-refractivity contribution in [2.24, 2.45) is 0 Å².